The maximum Gasteiger partial charge on any atom is 0.143 e. The lowest BCUT2D eigenvalue weighted by molar-refractivity contribution is 0.172. The molecule has 3 rings (SSSR count). The van der Waals surface area contributed by atoms with Crippen LogP contribution in [-0.2, 0) is 17.8 Å². The van der Waals surface area contributed by atoms with Crippen LogP contribution >= 0.6 is 15.9 Å². The number of benzene rings is 3. The Labute approximate surface area is 176 Å². The molecular formula is C24H26BrNO2. The molecule has 0 aromatic heterocycles. The molecule has 3 aromatic carbocycles. The molecule has 3 nitrogen and oxygen atoms in total. The van der Waals surface area contributed by atoms with E-state index in [-0.39, 0.29) is 0 Å². The molecule has 3 aromatic rings. The predicted molar refractivity (Wildman–Crippen MR) is 119 cm³/mol. The van der Waals surface area contributed by atoms with Crippen LogP contribution in [0.5, 0.6) is 5.75 Å². The number of rotatable bonds is 10. The molecule has 146 valence electrons. The first kappa shape index (κ1) is 20.4. The van der Waals surface area contributed by atoms with Gasteiger partial charge in [-0.15, -0.1) is 0 Å². The van der Waals surface area contributed by atoms with Crippen molar-refractivity contribution in [1.82, 2.24) is 0 Å². The molecule has 0 aliphatic heterocycles. The van der Waals surface area contributed by atoms with Crippen LogP contribution in [0.15, 0.2) is 83.3 Å². The summed E-state index contributed by atoms with van der Waals surface area (Å²) in [5.74, 6) is 0.886. The average molecular weight is 440 g/mol. The van der Waals surface area contributed by atoms with E-state index in [0.717, 1.165) is 35.4 Å². The zero-order chi connectivity index (χ0) is 19.6. The fourth-order valence-corrected chi connectivity index (χ4v) is 3.42. The summed E-state index contributed by atoms with van der Waals surface area (Å²) in [4.78, 5) is 2.36. The van der Waals surface area contributed by atoms with E-state index in [4.69, 9.17) is 9.47 Å². The third-order valence-corrected chi connectivity index (χ3v) is 4.94. The number of hydrogen-bond donors (Lipinski definition) is 0. The lowest BCUT2D eigenvalue weighted by Gasteiger charge is -2.27. The van der Waals surface area contributed by atoms with Crippen LogP contribution in [0.2, 0.25) is 0 Å². The Bertz CT molecular complexity index is 798. The SMILES string of the molecule is COCCCOc1cc(Br)ccc1N(Cc1ccccc1)Cc1ccccc1. The van der Waals surface area contributed by atoms with Crippen molar-refractivity contribution in [2.75, 3.05) is 25.2 Å². The van der Waals surface area contributed by atoms with Crippen LogP contribution in [0.3, 0.4) is 0 Å². The highest BCUT2D eigenvalue weighted by Gasteiger charge is 2.14. The Morgan fingerprint density at radius 1 is 0.786 bits per heavy atom. The molecule has 0 atom stereocenters. The third kappa shape index (κ3) is 6.11. The van der Waals surface area contributed by atoms with Crippen molar-refractivity contribution in [1.29, 1.82) is 0 Å². The van der Waals surface area contributed by atoms with Gasteiger partial charge in [0.1, 0.15) is 5.75 Å². The van der Waals surface area contributed by atoms with E-state index in [9.17, 15) is 0 Å². The van der Waals surface area contributed by atoms with E-state index in [1.54, 1.807) is 7.11 Å². The minimum Gasteiger partial charge on any atom is -0.491 e. The van der Waals surface area contributed by atoms with E-state index in [1.807, 2.05) is 6.07 Å². The fourth-order valence-electron chi connectivity index (χ4n) is 3.08. The molecule has 0 saturated carbocycles. The molecule has 0 aliphatic rings. The Morgan fingerprint density at radius 2 is 1.39 bits per heavy atom. The van der Waals surface area contributed by atoms with E-state index in [1.165, 1.54) is 11.1 Å². The summed E-state index contributed by atoms with van der Waals surface area (Å²) in [6.45, 7) is 2.94. The molecule has 0 aliphatic carbocycles. The smallest absolute Gasteiger partial charge is 0.143 e. The summed E-state index contributed by atoms with van der Waals surface area (Å²) < 4.78 is 12.3. The number of nitrogens with zero attached hydrogens (tertiary/aromatic N) is 1. The van der Waals surface area contributed by atoms with Crippen molar-refractivity contribution in [3.63, 3.8) is 0 Å². The molecule has 0 N–H and O–H groups in total. The zero-order valence-electron chi connectivity index (χ0n) is 16.2. The van der Waals surface area contributed by atoms with Gasteiger partial charge in [0, 0.05) is 37.7 Å². The highest BCUT2D eigenvalue weighted by molar-refractivity contribution is 9.10. The van der Waals surface area contributed by atoms with E-state index >= 15 is 0 Å². The van der Waals surface area contributed by atoms with Crippen LogP contribution in [-0.4, -0.2) is 20.3 Å². The van der Waals surface area contributed by atoms with E-state index < -0.39 is 0 Å². The number of methoxy groups -OCH3 is 1. The molecule has 28 heavy (non-hydrogen) atoms. The normalized spacial score (nSPS) is 10.6. The van der Waals surface area contributed by atoms with Crippen molar-refractivity contribution in [3.8, 4) is 5.75 Å². The Balaban J connectivity index is 1.87. The highest BCUT2D eigenvalue weighted by atomic mass is 79.9. The van der Waals surface area contributed by atoms with Gasteiger partial charge in [-0.05, 0) is 29.3 Å². The molecule has 0 unspecified atom stereocenters. The van der Waals surface area contributed by atoms with Gasteiger partial charge in [0.05, 0.1) is 12.3 Å². The van der Waals surface area contributed by atoms with Crippen molar-refractivity contribution in [2.45, 2.75) is 19.5 Å². The van der Waals surface area contributed by atoms with Gasteiger partial charge in [-0.25, -0.2) is 0 Å². The summed E-state index contributed by atoms with van der Waals surface area (Å²) >= 11 is 3.58. The second-order valence-corrected chi connectivity index (χ2v) is 7.55. The van der Waals surface area contributed by atoms with Crippen molar-refractivity contribution in [3.05, 3.63) is 94.5 Å². The average Bonchev–Trinajstić information content (AvgIpc) is 2.72. The van der Waals surface area contributed by atoms with Crippen LogP contribution in [0.4, 0.5) is 5.69 Å². The topological polar surface area (TPSA) is 21.7 Å². The molecule has 0 radical (unpaired) electrons. The highest BCUT2D eigenvalue weighted by Crippen LogP contribution is 2.33. The van der Waals surface area contributed by atoms with Gasteiger partial charge in [-0.1, -0.05) is 76.6 Å². The standard InChI is InChI=1S/C24H26BrNO2/c1-27-15-8-16-28-24-17-22(25)13-14-23(24)26(18-20-9-4-2-5-10-20)19-21-11-6-3-7-12-21/h2-7,9-14,17H,8,15-16,18-19H2,1H3. The van der Waals surface area contributed by atoms with Crippen LogP contribution in [0.1, 0.15) is 17.5 Å². The largest absolute Gasteiger partial charge is 0.491 e. The minimum atomic E-state index is 0.627. The maximum atomic E-state index is 6.12. The maximum absolute atomic E-state index is 6.12. The summed E-state index contributed by atoms with van der Waals surface area (Å²) in [6, 6.07) is 27.3. The number of anilines is 1. The molecule has 0 heterocycles. The van der Waals surface area contributed by atoms with Crippen LogP contribution in [0, 0.1) is 0 Å². The van der Waals surface area contributed by atoms with E-state index in [0.29, 0.717) is 13.2 Å². The summed E-state index contributed by atoms with van der Waals surface area (Å²) in [6.07, 6.45) is 0.861. The number of ether oxygens (including phenoxy) is 2. The first-order valence-electron chi connectivity index (χ1n) is 9.50. The molecule has 0 amide bonds. The quantitative estimate of drug-likeness (QED) is 0.357. The molecule has 0 spiro atoms. The third-order valence-electron chi connectivity index (χ3n) is 4.45. The minimum absolute atomic E-state index is 0.627. The zero-order valence-corrected chi connectivity index (χ0v) is 17.8. The fraction of sp³-hybridized carbons (Fsp3) is 0.250. The van der Waals surface area contributed by atoms with Gasteiger partial charge in [-0.3, -0.25) is 0 Å². The van der Waals surface area contributed by atoms with Crippen molar-refractivity contribution < 1.29 is 9.47 Å². The van der Waals surface area contributed by atoms with Crippen molar-refractivity contribution >= 4 is 21.6 Å². The number of halogens is 1. The molecule has 4 heteroatoms. The first-order valence-corrected chi connectivity index (χ1v) is 10.3. The second-order valence-electron chi connectivity index (χ2n) is 6.63. The molecule has 0 saturated heterocycles. The Morgan fingerprint density at radius 3 is 1.96 bits per heavy atom. The number of hydrogen-bond acceptors (Lipinski definition) is 3. The lowest BCUT2D eigenvalue weighted by Crippen LogP contribution is -2.23. The van der Waals surface area contributed by atoms with Gasteiger partial charge in [-0.2, -0.15) is 0 Å². The van der Waals surface area contributed by atoms with Gasteiger partial charge in [0.15, 0.2) is 0 Å². The van der Waals surface area contributed by atoms with Crippen molar-refractivity contribution in [2.24, 2.45) is 0 Å². The monoisotopic (exact) mass is 439 g/mol. The summed E-state index contributed by atoms with van der Waals surface area (Å²) in [5, 5.41) is 0. The first-order chi connectivity index (χ1) is 13.8. The lowest BCUT2D eigenvalue weighted by atomic mass is 10.1. The second kappa shape index (κ2) is 10.9. The van der Waals surface area contributed by atoms with Gasteiger partial charge in [0.25, 0.3) is 0 Å². The Hall–Kier alpha value is -2.30. The van der Waals surface area contributed by atoms with Gasteiger partial charge < -0.3 is 14.4 Å². The molecular weight excluding hydrogens is 414 g/mol. The summed E-state index contributed by atoms with van der Waals surface area (Å²) in [7, 11) is 1.71. The Kier molecular flexibility index (Phi) is 7.94. The molecule has 0 bridgehead atoms. The van der Waals surface area contributed by atoms with Crippen LogP contribution < -0.4 is 9.64 Å². The summed E-state index contributed by atoms with van der Waals surface area (Å²) in [5.41, 5.74) is 3.63. The van der Waals surface area contributed by atoms with E-state index in [2.05, 4.69) is 93.6 Å². The van der Waals surface area contributed by atoms with Crippen LogP contribution in [0.25, 0.3) is 0 Å². The molecule has 0 fully saturated rings. The van der Waals surface area contributed by atoms with Gasteiger partial charge in [0.2, 0.25) is 0 Å². The predicted octanol–water partition coefficient (Wildman–Crippen LogP) is 6.07. The van der Waals surface area contributed by atoms with Gasteiger partial charge >= 0.3 is 0 Å².